The molecule has 1 atom stereocenters. The van der Waals surface area contributed by atoms with Crippen LogP contribution < -0.4 is 0 Å². The van der Waals surface area contributed by atoms with E-state index in [1.165, 1.54) is 0 Å². The first-order chi connectivity index (χ1) is 6.16. The summed E-state index contributed by atoms with van der Waals surface area (Å²) in [5, 5.41) is 8.90. The summed E-state index contributed by atoms with van der Waals surface area (Å²) in [5.74, 6) is -1.28. The first-order valence-corrected chi connectivity index (χ1v) is 4.78. The summed E-state index contributed by atoms with van der Waals surface area (Å²) in [6, 6.07) is 1.75. The SMILES string of the molecule is CCC(C(=O)O)c1cnccc1Br. The van der Waals surface area contributed by atoms with Gasteiger partial charge in [-0.3, -0.25) is 9.78 Å². The number of carboxylic acid groups (broad SMARTS) is 1. The number of hydrogen-bond donors (Lipinski definition) is 1. The Kier molecular flexibility index (Phi) is 3.42. The lowest BCUT2D eigenvalue weighted by Crippen LogP contribution is -2.11. The number of halogens is 1. The van der Waals surface area contributed by atoms with E-state index in [9.17, 15) is 4.79 Å². The van der Waals surface area contributed by atoms with Crippen LogP contribution in [0.5, 0.6) is 0 Å². The van der Waals surface area contributed by atoms with E-state index in [2.05, 4.69) is 20.9 Å². The van der Waals surface area contributed by atoms with Crippen LogP contribution >= 0.6 is 15.9 Å². The number of carbonyl (C=O) groups is 1. The summed E-state index contributed by atoms with van der Waals surface area (Å²) >= 11 is 3.30. The van der Waals surface area contributed by atoms with Crippen molar-refractivity contribution >= 4 is 21.9 Å². The molecule has 0 aliphatic carbocycles. The van der Waals surface area contributed by atoms with Gasteiger partial charge in [-0.2, -0.15) is 0 Å². The third-order valence-electron chi connectivity index (χ3n) is 1.88. The van der Waals surface area contributed by atoms with Crippen molar-refractivity contribution < 1.29 is 9.90 Å². The van der Waals surface area contributed by atoms with Crippen molar-refractivity contribution in [1.82, 2.24) is 4.98 Å². The average molecular weight is 244 g/mol. The Labute approximate surface area is 84.9 Å². The molecule has 0 amide bonds. The van der Waals surface area contributed by atoms with Crippen LogP contribution in [-0.2, 0) is 4.79 Å². The number of aliphatic carboxylic acids is 1. The second kappa shape index (κ2) is 4.37. The van der Waals surface area contributed by atoms with Crippen molar-refractivity contribution in [2.45, 2.75) is 19.3 Å². The number of hydrogen-bond acceptors (Lipinski definition) is 2. The quantitative estimate of drug-likeness (QED) is 0.888. The molecule has 0 saturated carbocycles. The number of nitrogens with zero attached hydrogens (tertiary/aromatic N) is 1. The molecule has 1 heterocycles. The first-order valence-electron chi connectivity index (χ1n) is 3.99. The highest BCUT2D eigenvalue weighted by Crippen LogP contribution is 2.26. The van der Waals surface area contributed by atoms with Gasteiger partial charge in [0.15, 0.2) is 0 Å². The van der Waals surface area contributed by atoms with Crippen molar-refractivity contribution in [2.75, 3.05) is 0 Å². The predicted molar refractivity (Wildman–Crippen MR) is 52.6 cm³/mol. The van der Waals surface area contributed by atoms with Gasteiger partial charge in [0.2, 0.25) is 0 Å². The lowest BCUT2D eigenvalue weighted by Gasteiger charge is -2.10. The molecule has 1 N–H and O–H groups in total. The highest BCUT2D eigenvalue weighted by molar-refractivity contribution is 9.10. The van der Waals surface area contributed by atoms with Gasteiger partial charge in [-0.15, -0.1) is 0 Å². The van der Waals surface area contributed by atoms with Gasteiger partial charge >= 0.3 is 5.97 Å². The Morgan fingerprint density at radius 3 is 2.92 bits per heavy atom. The van der Waals surface area contributed by atoms with E-state index < -0.39 is 11.9 Å². The summed E-state index contributed by atoms with van der Waals surface area (Å²) in [4.78, 5) is 14.7. The Morgan fingerprint density at radius 1 is 1.77 bits per heavy atom. The molecule has 13 heavy (non-hydrogen) atoms. The molecule has 1 aromatic heterocycles. The molecular weight excluding hydrogens is 234 g/mol. The van der Waals surface area contributed by atoms with Crippen LogP contribution in [0, 0.1) is 0 Å². The maximum atomic E-state index is 10.8. The smallest absolute Gasteiger partial charge is 0.311 e. The molecule has 0 spiro atoms. The third kappa shape index (κ3) is 2.28. The number of rotatable bonds is 3. The van der Waals surface area contributed by atoms with Crippen LogP contribution in [0.25, 0.3) is 0 Å². The summed E-state index contributed by atoms with van der Waals surface area (Å²) < 4.78 is 0.803. The first kappa shape index (κ1) is 10.2. The largest absolute Gasteiger partial charge is 0.481 e. The van der Waals surface area contributed by atoms with Crippen LogP contribution in [0.3, 0.4) is 0 Å². The Balaban J connectivity index is 3.04. The lowest BCUT2D eigenvalue weighted by molar-refractivity contribution is -0.138. The number of pyridine rings is 1. The predicted octanol–water partition coefficient (Wildman–Crippen LogP) is 2.42. The van der Waals surface area contributed by atoms with Crippen LogP contribution in [0.15, 0.2) is 22.9 Å². The van der Waals surface area contributed by atoms with E-state index in [0.29, 0.717) is 6.42 Å². The van der Waals surface area contributed by atoms with E-state index in [1.807, 2.05) is 6.92 Å². The molecule has 1 rings (SSSR count). The Bertz CT molecular complexity index is 314. The normalized spacial score (nSPS) is 12.5. The Morgan fingerprint density at radius 2 is 2.46 bits per heavy atom. The highest BCUT2D eigenvalue weighted by atomic mass is 79.9. The second-order valence-corrected chi connectivity index (χ2v) is 3.55. The topological polar surface area (TPSA) is 50.2 Å². The molecule has 1 aromatic rings. The van der Waals surface area contributed by atoms with E-state index in [-0.39, 0.29) is 0 Å². The Hall–Kier alpha value is -0.900. The summed E-state index contributed by atoms with van der Waals surface area (Å²) in [6.07, 6.45) is 3.79. The van der Waals surface area contributed by atoms with Crippen LogP contribution in [0.4, 0.5) is 0 Å². The van der Waals surface area contributed by atoms with Gasteiger partial charge in [0.25, 0.3) is 0 Å². The van der Waals surface area contributed by atoms with E-state index in [1.54, 1.807) is 18.5 Å². The average Bonchev–Trinajstić information content (AvgIpc) is 2.09. The maximum absolute atomic E-state index is 10.8. The molecule has 0 saturated heterocycles. The minimum Gasteiger partial charge on any atom is -0.481 e. The molecule has 0 aliphatic rings. The van der Waals surface area contributed by atoms with E-state index >= 15 is 0 Å². The summed E-state index contributed by atoms with van der Waals surface area (Å²) in [7, 11) is 0. The second-order valence-electron chi connectivity index (χ2n) is 2.70. The van der Waals surface area contributed by atoms with Crippen molar-refractivity contribution in [2.24, 2.45) is 0 Å². The van der Waals surface area contributed by atoms with E-state index in [0.717, 1.165) is 10.0 Å². The van der Waals surface area contributed by atoms with Crippen molar-refractivity contribution in [3.8, 4) is 0 Å². The maximum Gasteiger partial charge on any atom is 0.311 e. The standard InChI is InChI=1S/C9H10BrNO2/c1-2-6(9(12)13)7-5-11-4-3-8(7)10/h3-6H,2H2,1H3,(H,12,13). The molecule has 4 heteroatoms. The van der Waals surface area contributed by atoms with E-state index in [4.69, 9.17) is 5.11 Å². The highest BCUT2D eigenvalue weighted by Gasteiger charge is 2.19. The molecule has 0 aromatic carbocycles. The molecular formula is C9H10BrNO2. The van der Waals surface area contributed by atoms with Gasteiger partial charge in [0, 0.05) is 16.9 Å². The van der Waals surface area contributed by atoms with Crippen LogP contribution in [0.2, 0.25) is 0 Å². The molecule has 0 aliphatic heterocycles. The molecule has 1 unspecified atom stereocenters. The zero-order valence-electron chi connectivity index (χ0n) is 7.20. The van der Waals surface area contributed by atoms with Crippen molar-refractivity contribution in [3.63, 3.8) is 0 Å². The van der Waals surface area contributed by atoms with Gasteiger partial charge in [0.05, 0.1) is 5.92 Å². The summed E-state index contributed by atoms with van der Waals surface area (Å²) in [5.41, 5.74) is 0.734. The van der Waals surface area contributed by atoms with Crippen LogP contribution in [0.1, 0.15) is 24.8 Å². The molecule has 3 nitrogen and oxygen atoms in total. The fourth-order valence-corrected chi connectivity index (χ4v) is 1.67. The number of carboxylic acids is 1. The van der Waals surface area contributed by atoms with Gasteiger partial charge in [0.1, 0.15) is 0 Å². The van der Waals surface area contributed by atoms with Gasteiger partial charge < -0.3 is 5.11 Å². The van der Waals surface area contributed by atoms with Gasteiger partial charge in [-0.25, -0.2) is 0 Å². The minimum atomic E-state index is -0.809. The van der Waals surface area contributed by atoms with Crippen LogP contribution in [-0.4, -0.2) is 16.1 Å². The molecule has 70 valence electrons. The van der Waals surface area contributed by atoms with Crippen molar-refractivity contribution in [3.05, 3.63) is 28.5 Å². The molecule has 0 fully saturated rings. The van der Waals surface area contributed by atoms with Gasteiger partial charge in [-0.1, -0.05) is 22.9 Å². The zero-order chi connectivity index (χ0) is 9.84. The third-order valence-corrected chi connectivity index (χ3v) is 2.60. The molecule has 0 bridgehead atoms. The fraction of sp³-hybridized carbons (Fsp3) is 0.333. The summed E-state index contributed by atoms with van der Waals surface area (Å²) in [6.45, 7) is 1.85. The molecule has 0 radical (unpaired) electrons. The minimum absolute atomic E-state index is 0.469. The zero-order valence-corrected chi connectivity index (χ0v) is 8.78. The van der Waals surface area contributed by atoms with Gasteiger partial charge in [-0.05, 0) is 18.1 Å². The monoisotopic (exact) mass is 243 g/mol. The lowest BCUT2D eigenvalue weighted by atomic mass is 9.99. The number of aromatic nitrogens is 1. The fourth-order valence-electron chi connectivity index (χ4n) is 1.17. The van der Waals surface area contributed by atoms with Crippen molar-refractivity contribution in [1.29, 1.82) is 0 Å².